The normalized spacial score (nSPS) is 24.4. The van der Waals surface area contributed by atoms with Gasteiger partial charge in [0.1, 0.15) is 0 Å². The van der Waals surface area contributed by atoms with Crippen LogP contribution < -0.4 is 5.32 Å². The van der Waals surface area contributed by atoms with Crippen LogP contribution in [0.4, 0.5) is 0 Å². The summed E-state index contributed by atoms with van der Waals surface area (Å²) in [4.78, 5) is 0. The molecule has 0 radical (unpaired) electrons. The van der Waals surface area contributed by atoms with Crippen LogP contribution in [0.25, 0.3) is 0 Å². The molecule has 0 heterocycles. The van der Waals surface area contributed by atoms with E-state index in [1.54, 1.807) is 0 Å². The third-order valence-corrected chi connectivity index (χ3v) is 4.42. The molecule has 0 spiro atoms. The molecule has 0 saturated heterocycles. The van der Waals surface area contributed by atoms with E-state index in [4.69, 9.17) is 0 Å². The summed E-state index contributed by atoms with van der Waals surface area (Å²) in [6.45, 7) is 10.2. The van der Waals surface area contributed by atoms with Gasteiger partial charge < -0.3 is 5.32 Å². The van der Waals surface area contributed by atoms with Gasteiger partial charge in [-0.05, 0) is 48.3 Å². The number of hydrogen-bond acceptors (Lipinski definition) is 1. The van der Waals surface area contributed by atoms with Crippen LogP contribution in [0.3, 0.4) is 0 Å². The van der Waals surface area contributed by atoms with Crippen LogP contribution >= 0.6 is 0 Å². The molecule has 1 aromatic rings. The fourth-order valence-corrected chi connectivity index (χ4v) is 3.22. The number of nitrogens with one attached hydrogen (secondary N) is 1. The fraction of sp³-hybridized carbons (Fsp3) is 0.667. The fourth-order valence-electron chi connectivity index (χ4n) is 3.22. The minimum atomic E-state index is 0.261. The zero-order valence-electron chi connectivity index (χ0n) is 13.0. The zero-order valence-corrected chi connectivity index (χ0v) is 13.0. The lowest BCUT2D eigenvalue weighted by atomic mass is 9.80. The van der Waals surface area contributed by atoms with Gasteiger partial charge in [-0.15, -0.1) is 0 Å². The van der Waals surface area contributed by atoms with Crippen molar-refractivity contribution >= 4 is 0 Å². The first-order valence-corrected chi connectivity index (χ1v) is 7.84. The Hall–Kier alpha value is -0.820. The predicted molar refractivity (Wildman–Crippen MR) is 83.8 cm³/mol. The molecular formula is C18H29N. The monoisotopic (exact) mass is 259 g/mol. The van der Waals surface area contributed by atoms with Gasteiger partial charge >= 0.3 is 0 Å². The van der Waals surface area contributed by atoms with E-state index < -0.39 is 0 Å². The van der Waals surface area contributed by atoms with E-state index >= 15 is 0 Å². The summed E-state index contributed by atoms with van der Waals surface area (Å²) in [5, 5.41) is 3.62. The van der Waals surface area contributed by atoms with Crippen LogP contribution in [-0.4, -0.2) is 12.6 Å². The first-order chi connectivity index (χ1) is 9.00. The van der Waals surface area contributed by atoms with Gasteiger partial charge in [-0.3, -0.25) is 0 Å². The number of rotatable bonds is 3. The van der Waals surface area contributed by atoms with Crippen molar-refractivity contribution in [2.75, 3.05) is 6.54 Å². The summed E-state index contributed by atoms with van der Waals surface area (Å²) >= 11 is 0. The van der Waals surface area contributed by atoms with Crippen molar-refractivity contribution < 1.29 is 0 Å². The molecule has 1 saturated carbocycles. The van der Waals surface area contributed by atoms with Gasteiger partial charge in [0.25, 0.3) is 0 Å². The Morgan fingerprint density at radius 2 is 1.79 bits per heavy atom. The molecule has 1 aliphatic carbocycles. The Labute approximate surface area is 118 Å². The highest BCUT2D eigenvalue weighted by Gasteiger charge is 2.23. The second-order valence-corrected chi connectivity index (χ2v) is 6.99. The minimum absolute atomic E-state index is 0.261. The van der Waals surface area contributed by atoms with Crippen molar-refractivity contribution in [1.82, 2.24) is 5.32 Å². The van der Waals surface area contributed by atoms with Gasteiger partial charge in [0.05, 0.1) is 0 Å². The van der Waals surface area contributed by atoms with Crippen molar-refractivity contribution in [1.29, 1.82) is 0 Å². The van der Waals surface area contributed by atoms with Gasteiger partial charge in [0, 0.05) is 6.04 Å². The van der Waals surface area contributed by atoms with E-state index in [0.717, 1.165) is 18.5 Å². The van der Waals surface area contributed by atoms with Crippen LogP contribution in [0.5, 0.6) is 0 Å². The Morgan fingerprint density at radius 3 is 2.37 bits per heavy atom. The Morgan fingerprint density at radius 1 is 1.11 bits per heavy atom. The molecule has 0 bridgehead atoms. The second kappa shape index (κ2) is 6.09. The molecule has 2 unspecified atom stereocenters. The molecule has 1 nitrogen and oxygen atoms in total. The number of benzene rings is 1. The molecule has 106 valence electrons. The lowest BCUT2D eigenvalue weighted by molar-refractivity contribution is 0.344. The van der Waals surface area contributed by atoms with Crippen LogP contribution in [0.2, 0.25) is 0 Å². The number of hydrogen-bond donors (Lipinski definition) is 1. The maximum absolute atomic E-state index is 3.62. The maximum Gasteiger partial charge on any atom is 0.00727 e. The molecule has 1 aliphatic rings. The first kappa shape index (κ1) is 14.6. The van der Waals surface area contributed by atoms with Crippen molar-refractivity contribution in [2.24, 2.45) is 0 Å². The summed E-state index contributed by atoms with van der Waals surface area (Å²) in [5.74, 6) is 0.756. The van der Waals surface area contributed by atoms with Crippen LogP contribution in [0.1, 0.15) is 70.4 Å². The van der Waals surface area contributed by atoms with E-state index in [2.05, 4.69) is 57.3 Å². The van der Waals surface area contributed by atoms with Crippen molar-refractivity contribution in [3.8, 4) is 0 Å². The van der Waals surface area contributed by atoms with Crippen LogP contribution in [0.15, 0.2) is 24.3 Å². The van der Waals surface area contributed by atoms with Gasteiger partial charge in [-0.2, -0.15) is 0 Å². The molecule has 0 aliphatic heterocycles. The third-order valence-electron chi connectivity index (χ3n) is 4.42. The molecule has 1 heteroatoms. The smallest absolute Gasteiger partial charge is 0.00727 e. The van der Waals surface area contributed by atoms with Gasteiger partial charge in [0.15, 0.2) is 0 Å². The average Bonchev–Trinajstić information content (AvgIpc) is 2.39. The molecule has 2 atom stereocenters. The van der Waals surface area contributed by atoms with Gasteiger partial charge in [-0.1, -0.05) is 58.4 Å². The molecule has 1 N–H and O–H groups in total. The van der Waals surface area contributed by atoms with Crippen molar-refractivity contribution in [3.05, 3.63) is 35.4 Å². The molecule has 2 rings (SSSR count). The third kappa shape index (κ3) is 3.82. The zero-order chi connectivity index (χ0) is 13.9. The lowest BCUT2D eigenvalue weighted by Gasteiger charge is -2.30. The van der Waals surface area contributed by atoms with E-state index in [1.807, 2.05) is 0 Å². The summed E-state index contributed by atoms with van der Waals surface area (Å²) in [6, 6.07) is 10.1. The van der Waals surface area contributed by atoms with E-state index in [-0.39, 0.29) is 5.41 Å². The van der Waals surface area contributed by atoms with Crippen LogP contribution in [0, 0.1) is 0 Å². The predicted octanol–water partition coefficient (Wildman–Crippen LogP) is 4.62. The minimum Gasteiger partial charge on any atom is -0.314 e. The highest BCUT2D eigenvalue weighted by atomic mass is 14.9. The molecule has 1 aromatic carbocycles. The highest BCUT2D eigenvalue weighted by Crippen LogP contribution is 2.34. The second-order valence-electron chi connectivity index (χ2n) is 6.99. The topological polar surface area (TPSA) is 12.0 Å². The lowest BCUT2D eigenvalue weighted by Crippen LogP contribution is -2.33. The van der Waals surface area contributed by atoms with Crippen molar-refractivity contribution in [2.45, 2.75) is 70.8 Å². The Kier molecular flexibility index (Phi) is 4.67. The Bertz CT molecular complexity index is 383. The van der Waals surface area contributed by atoms with E-state index in [0.29, 0.717) is 0 Å². The molecule has 19 heavy (non-hydrogen) atoms. The highest BCUT2D eigenvalue weighted by molar-refractivity contribution is 5.29. The maximum atomic E-state index is 3.62. The average molecular weight is 259 g/mol. The Balaban J connectivity index is 2.05. The summed E-state index contributed by atoms with van der Waals surface area (Å²) in [7, 11) is 0. The van der Waals surface area contributed by atoms with Crippen LogP contribution in [-0.2, 0) is 5.41 Å². The van der Waals surface area contributed by atoms with E-state index in [1.165, 1.54) is 36.8 Å². The summed E-state index contributed by atoms with van der Waals surface area (Å²) in [5.41, 5.74) is 3.24. The van der Waals surface area contributed by atoms with E-state index in [9.17, 15) is 0 Å². The van der Waals surface area contributed by atoms with Crippen molar-refractivity contribution in [3.63, 3.8) is 0 Å². The SMILES string of the molecule is CCNC1CCCC(c2ccc(C(C)(C)C)cc2)C1. The largest absolute Gasteiger partial charge is 0.314 e. The van der Waals surface area contributed by atoms with Gasteiger partial charge in [-0.25, -0.2) is 0 Å². The molecule has 0 aromatic heterocycles. The molecular weight excluding hydrogens is 230 g/mol. The molecule has 0 amide bonds. The standard InChI is InChI=1S/C18H29N/c1-5-19-17-8-6-7-15(13-17)14-9-11-16(12-10-14)18(2,3)4/h9-12,15,17,19H,5-8,13H2,1-4H3. The quantitative estimate of drug-likeness (QED) is 0.835. The summed E-state index contributed by atoms with van der Waals surface area (Å²) < 4.78 is 0. The van der Waals surface area contributed by atoms with Gasteiger partial charge in [0.2, 0.25) is 0 Å². The summed E-state index contributed by atoms with van der Waals surface area (Å²) in [6.07, 6.45) is 5.38. The first-order valence-electron chi connectivity index (χ1n) is 7.84. The molecule has 1 fully saturated rings.